The molecule has 7 nitrogen and oxygen atoms in total. The molecule has 2 aliphatic carbocycles. The summed E-state index contributed by atoms with van der Waals surface area (Å²) < 4.78 is 27.0. The number of hydrogen-bond donors (Lipinski definition) is 4. The fraction of sp³-hybridized carbons (Fsp3) is 0.316. The van der Waals surface area contributed by atoms with Crippen molar-refractivity contribution in [1.29, 1.82) is 0 Å². The lowest BCUT2D eigenvalue weighted by molar-refractivity contribution is 0.256. The number of hydrogen-bond acceptors (Lipinski definition) is 5. The lowest BCUT2D eigenvalue weighted by atomic mass is 9.81. The largest absolute Gasteiger partial charge is 0.488 e. The molecule has 0 fully saturated rings. The Balaban J connectivity index is 1.55. The molecular formula is C19H21BN2O5S. The fourth-order valence-corrected chi connectivity index (χ4v) is 5.01. The quantitative estimate of drug-likeness (QED) is 0.568. The van der Waals surface area contributed by atoms with Gasteiger partial charge in [0.2, 0.25) is 0 Å². The van der Waals surface area contributed by atoms with E-state index in [-0.39, 0.29) is 10.4 Å². The average Bonchev–Trinajstić information content (AvgIpc) is 3.30. The molecule has 9 heteroatoms. The van der Waals surface area contributed by atoms with Crippen LogP contribution in [0.5, 0.6) is 0 Å². The number of aryl methyl sites for hydroxylation is 2. The highest BCUT2D eigenvalue weighted by atomic mass is 32.2. The number of rotatable bonds is 4. The molecule has 0 radical (unpaired) electrons. The van der Waals surface area contributed by atoms with Crippen LogP contribution in [0.15, 0.2) is 35.2 Å². The minimum absolute atomic E-state index is 0.129. The van der Waals surface area contributed by atoms with Gasteiger partial charge in [0.1, 0.15) is 0 Å². The number of carbonyl (C=O) groups excluding carboxylic acids is 1. The SMILES string of the molecule is O=C(Nc1c2c(cc3c1CCC3)CCC2)NS(=O)(=O)c1ccc(B(O)O)cc1. The van der Waals surface area contributed by atoms with Gasteiger partial charge in [-0.1, -0.05) is 18.2 Å². The molecule has 0 saturated carbocycles. The third-order valence-electron chi connectivity index (χ3n) is 5.43. The first kappa shape index (κ1) is 19.0. The second-order valence-corrected chi connectivity index (χ2v) is 8.92. The molecule has 0 aliphatic heterocycles. The van der Waals surface area contributed by atoms with Gasteiger partial charge in [-0.2, -0.15) is 0 Å². The van der Waals surface area contributed by atoms with Gasteiger partial charge in [-0.15, -0.1) is 0 Å². The summed E-state index contributed by atoms with van der Waals surface area (Å²) in [4.78, 5) is 12.4. The van der Waals surface area contributed by atoms with Gasteiger partial charge < -0.3 is 15.4 Å². The van der Waals surface area contributed by atoms with Crippen LogP contribution in [0.1, 0.15) is 35.1 Å². The average molecular weight is 400 g/mol. The number of nitrogens with one attached hydrogen (secondary N) is 2. The monoisotopic (exact) mass is 400 g/mol. The summed E-state index contributed by atoms with van der Waals surface area (Å²) in [6.45, 7) is 0. The number of carbonyl (C=O) groups is 1. The van der Waals surface area contributed by atoms with E-state index in [0.29, 0.717) is 0 Å². The predicted octanol–water partition coefficient (Wildman–Crippen LogP) is 0.854. The van der Waals surface area contributed by atoms with E-state index in [1.165, 1.54) is 35.4 Å². The molecule has 0 unspecified atom stereocenters. The molecule has 0 heterocycles. The zero-order chi connectivity index (χ0) is 19.9. The van der Waals surface area contributed by atoms with Crippen LogP contribution in [-0.2, 0) is 35.7 Å². The van der Waals surface area contributed by atoms with Crippen molar-refractivity contribution >= 4 is 34.3 Å². The summed E-state index contributed by atoms with van der Waals surface area (Å²) >= 11 is 0. The smallest absolute Gasteiger partial charge is 0.423 e. The zero-order valence-corrected chi connectivity index (χ0v) is 16.1. The number of urea groups is 1. The minimum atomic E-state index is -4.08. The fourth-order valence-electron chi connectivity index (χ4n) is 4.11. The van der Waals surface area contributed by atoms with E-state index in [1.807, 2.05) is 4.72 Å². The van der Waals surface area contributed by atoms with E-state index in [4.69, 9.17) is 10.0 Å². The number of amides is 2. The Morgan fingerprint density at radius 2 is 1.50 bits per heavy atom. The number of benzene rings is 2. The number of sulfonamides is 1. The molecular weight excluding hydrogens is 379 g/mol. The highest BCUT2D eigenvalue weighted by Gasteiger charge is 2.26. The van der Waals surface area contributed by atoms with E-state index in [0.717, 1.165) is 55.3 Å². The normalized spacial score (nSPS) is 15.1. The molecule has 0 aromatic heterocycles. The van der Waals surface area contributed by atoms with Crippen LogP contribution in [0.2, 0.25) is 0 Å². The Morgan fingerprint density at radius 1 is 0.929 bits per heavy atom. The Kier molecular flexibility index (Phi) is 4.90. The Labute approximate surface area is 164 Å². The van der Waals surface area contributed by atoms with E-state index >= 15 is 0 Å². The first-order valence-corrected chi connectivity index (χ1v) is 10.8. The Hall–Kier alpha value is -2.36. The summed E-state index contributed by atoms with van der Waals surface area (Å²) in [6, 6.07) is 6.47. The molecule has 4 rings (SSSR count). The van der Waals surface area contributed by atoms with Crippen LogP contribution >= 0.6 is 0 Å². The molecule has 2 aromatic rings. The van der Waals surface area contributed by atoms with Crippen LogP contribution in [-0.4, -0.2) is 31.6 Å². The van der Waals surface area contributed by atoms with Gasteiger partial charge >= 0.3 is 13.1 Å². The molecule has 0 atom stereocenters. The van der Waals surface area contributed by atoms with Crippen molar-refractivity contribution in [2.75, 3.05) is 5.32 Å². The van der Waals surface area contributed by atoms with E-state index in [2.05, 4.69) is 11.4 Å². The highest BCUT2D eigenvalue weighted by Crippen LogP contribution is 2.38. The lowest BCUT2D eigenvalue weighted by Crippen LogP contribution is -2.35. The van der Waals surface area contributed by atoms with Gasteiger partial charge in [-0.05, 0) is 78.4 Å². The molecule has 0 bridgehead atoms. The van der Waals surface area contributed by atoms with Crippen molar-refractivity contribution in [3.05, 3.63) is 52.6 Å². The van der Waals surface area contributed by atoms with Crippen molar-refractivity contribution in [3.63, 3.8) is 0 Å². The Morgan fingerprint density at radius 3 is 2.04 bits per heavy atom. The molecule has 2 amide bonds. The van der Waals surface area contributed by atoms with E-state index < -0.39 is 23.2 Å². The van der Waals surface area contributed by atoms with Gasteiger partial charge in [-0.25, -0.2) is 17.9 Å². The topological polar surface area (TPSA) is 116 Å². The van der Waals surface area contributed by atoms with Gasteiger partial charge in [0.15, 0.2) is 0 Å². The van der Waals surface area contributed by atoms with E-state index in [1.54, 1.807) is 0 Å². The lowest BCUT2D eigenvalue weighted by Gasteiger charge is -2.16. The van der Waals surface area contributed by atoms with Crippen molar-refractivity contribution in [2.45, 2.75) is 43.4 Å². The van der Waals surface area contributed by atoms with Gasteiger partial charge in [0, 0.05) is 5.69 Å². The standard InChI is InChI=1S/C19H21BN2O5S/c23-19(22-28(26,27)15-9-7-14(8-10-15)20(24)25)21-18-16-5-1-3-12(16)11-13-4-2-6-17(13)18/h7-11,24-25H,1-6H2,(H2,21,22,23). The summed E-state index contributed by atoms with van der Waals surface area (Å²) in [7, 11) is -5.76. The van der Waals surface area contributed by atoms with Crippen LogP contribution < -0.4 is 15.5 Å². The maximum absolute atomic E-state index is 12.5. The highest BCUT2D eigenvalue weighted by molar-refractivity contribution is 7.90. The van der Waals surface area contributed by atoms with Crippen molar-refractivity contribution in [1.82, 2.24) is 4.72 Å². The molecule has 0 spiro atoms. The van der Waals surface area contributed by atoms with E-state index in [9.17, 15) is 13.2 Å². The second kappa shape index (κ2) is 7.23. The van der Waals surface area contributed by atoms with Crippen LogP contribution in [0.4, 0.5) is 10.5 Å². The van der Waals surface area contributed by atoms with Crippen LogP contribution in [0.25, 0.3) is 0 Å². The second-order valence-electron chi connectivity index (χ2n) is 7.24. The molecule has 4 N–H and O–H groups in total. The summed E-state index contributed by atoms with van der Waals surface area (Å²) in [6.07, 6.45) is 5.82. The summed E-state index contributed by atoms with van der Waals surface area (Å²) in [5.41, 5.74) is 5.67. The molecule has 2 aromatic carbocycles. The first-order chi connectivity index (χ1) is 13.3. The van der Waals surface area contributed by atoms with Crippen molar-refractivity contribution in [3.8, 4) is 0 Å². The summed E-state index contributed by atoms with van der Waals surface area (Å²) in [5, 5.41) is 21.0. The maximum Gasteiger partial charge on any atom is 0.488 e. The molecule has 2 aliphatic rings. The molecule has 146 valence electrons. The zero-order valence-electron chi connectivity index (χ0n) is 15.2. The molecule has 28 heavy (non-hydrogen) atoms. The summed E-state index contributed by atoms with van der Waals surface area (Å²) in [5.74, 6) is 0. The first-order valence-electron chi connectivity index (χ1n) is 9.31. The predicted molar refractivity (Wildman–Crippen MR) is 106 cm³/mol. The third kappa shape index (κ3) is 3.53. The van der Waals surface area contributed by atoms with Crippen LogP contribution in [0.3, 0.4) is 0 Å². The van der Waals surface area contributed by atoms with Crippen LogP contribution in [0, 0.1) is 0 Å². The minimum Gasteiger partial charge on any atom is -0.423 e. The third-order valence-corrected chi connectivity index (χ3v) is 6.77. The number of fused-ring (bicyclic) bond motifs is 2. The Bertz CT molecular complexity index is 1000. The maximum atomic E-state index is 12.5. The van der Waals surface area contributed by atoms with Gasteiger partial charge in [0.25, 0.3) is 10.0 Å². The number of anilines is 1. The molecule has 0 saturated heterocycles. The van der Waals surface area contributed by atoms with Gasteiger partial charge in [0.05, 0.1) is 4.90 Å². The van der Waals surface area contributed by atoms with Crippen molar-refractivity contribution < 1.29 is 23.3 Å². The van der Waals surface area contributed by atoms with Gasteiger partial charge in [-0.3, -0.25) is 0 Å². The van der Waals surface area contributed by atoms with Crippen molar-refractivity contribution in [2.24, 2.45) is 0 Å².